The molecule has 0 aliphatic rings. The van der Waals surface area contributed by atoms with E-state index in [1.165, 1.54) is 6.07 Å². The van der Waals surface area contributed by atoms with E-state index in [-0.39, 0.29) is 10.9 Å². The van der Waals surface area contributed by atoms with E-state index in [1.54, 1.807) is 0 Å². The van der Waals surface area contributed by atoms with Crippen molar-refractivity contribution in [2.75, 3.05) is 7.11 Å². The number of methoxy groups -OCH3 is 1. The van der Waals surface area contributed by atoms with Crippen molar-refractivity contribution in [3.8, 4) is 0 Å². The molecule has 0 saturated carbocycles. The maximum atomic E-state index is 13.4. The predicted octanol–water partition coefficient (Wildman–Crippen LogP) is 2.65. The van der Waals surface area contributed by atoms with Crippen molar-refractivity contribution < 1.29 is 18.3 Å². The summed E-state index contributed by atoms with van der Waals surface area (Å²) in [5.74, 6) is -2.81. The Labute approximate surface area is 88.0 Å². The maximum absolute atomic E-state index is 13.4. The third kappa shape index (κ3) is 1.92. The van der Waals surface area contributed by atoms with Crippen molar-refractivity contribution in [3.63, 3.8) is 0 Å². The fourth-order valence-electron chi connectivity index (χ4n) is 0.988. The summed E-state index contributed by atoms with van der Waals surface area (Å²) < 4.78 is 30.7. The maximum Gasteiger partial charge on any atom is 0.343 e. The Morgan fingerprint density at radius 3 is 2.64 bits per heavy atom. The minimum atomic E-state index is -1.01. The molecule has 1 aromatic carbocycles. The van der Waals surface area contributed by atoms with Gasteiger partial charge >= 0.3 is 5.97 Å². The van der Waals surface area contributed by atoms with Gasteiger partial charge in [-0.05, 0) is 11.6 Å². The molecule has 2 nitrogen and oxygen atoms in total. The molecule has 0 spiro atoms. The van der Waals surface area contributed by atoms with Gasteiger partial charge in [0.1, 0.15) is 17.2 Å². The lowest BCUT2D eigenvalue weighted by Crippen LogP contribution is -2.09. The molecule has 0 N–H and O–H groups in total. The lowest BCUT2D eigenvalue weighted by Gasteiger charge is -2.05. The second-order valence-electron chi connectivity index (χ2n) is 2.52. The molecule has 0 aliphatic heterocycles. The van der Waals surface area contributed by atoms with E-state index in [0.717, 1.165) is 13.2 Å². The van der Waals surface area contributed by atoms with Crippen LogP contribution in [0.3, 0.4) is 0 Å². The highest BCUT2D eigenvalue weighted by Gasteiger charge is 2.20. The fraction of sp³-hybridized carbons (Fsp3) is 0.222. The minimum absolute atomic E-state index is 0.211. The molecule has 14 heavy (non-hydrogen) atoms. The fourth-order valence-corrected chi connectivity index (χ4v) is 1.42. The van der Waals surface area contributed by atoms with E-state index in [4.69, 9.17) is 0 Å². The molecule has 0 aliphatic carbocycles. The number of hydrogen-bond donors (Lipinski definition) is 0. The summed E-state index contributed by atoms with van der Waals surface area (Å²) >= 11 is 3.02. The number of hydrogen-bond acceptors (Lipinski definition) is 2. The number of carbonyl (C=O) groups excluding carboxylic acids is 1. The van der Waals surface area contributed by atoms with E-state index >= 15 is 0 Å². The molecule has 76 valence electrons. The highest BCUT2D eigenvalue weighted by Crippen LogP contribution is 2.19. The molecule has 1 aromatic rings. The molecule has 5 heteroatoms. The normalized spacial score (nSPS) is 10.0. The van der Waals surface area contributed by atoms with Gasteiger partial charge in [-0.1, -0.05) is 22.0 Å². The average molecular weight is 265 g/mol. The summed E-state index contributed by atoms with van der Waals surface area (Å²) in [5, 5.41) is 0.211. The van der Waals surface area contributed by atoms with Crippen molar-refractivity contribution in [1.82, 2.24) is 0 Å². The number of benzene rings is 1. The number of rotatable bonds is 2. The standard InChI is InChI=1S/C9H7BrF2O2/c1-14-9(13)7-6(11)3-2-5(4-10)8(7)12/h2-3H,4H2,1H3. The molecule has 0 radical (unpaired) electrons. The first-order valence-corrected chi connectivity index (χ1v) is 4.85. The van der Waals surface area contributed by atoms with Gasteiger partial charge < -0.3 is 4.74 Å². The number of esters is 1. The summed E-state index contributed by atoms with van der Waals surface area (Å²) in [7, 11) is 1.07. The van der Waals surface area contributed by atoms with Gasteiger partial charge in [-0.15, -0.1) is 0 Å². The number of halogens is 3. The van der Waals surface area contributed by atoms with Crippen molar-refractivity contribution in [3.05, 3.63) is 34.9 Å². The highest BCUT2D eigenvalue weighted by molar-refractivity contribution is 9.08. The van der Waals surface area contributed by atoms with Crippen LogP contribution >= 0.6 is 15.9 Å². The van der Waals surface area contributed by atoms with E-state index in [2.05, 4.69) is 20.7 Å². The van der Waals surface area contributed by atoms with E-state index in [1.807, 2.05) is 0 Å². The van der Waals surface area contributed by atoms with Gasteiger partial charge in [0.15, 0.2) is 0 Å². The van der Waals surface area contributed by atoms with Gasteiger partial charge in [0.25, 0.3) is 0 Å². The molecule has 0 amide bonds. The van der Waals surface area contributed by atoms with Crippen molar-refractivity contribution >= 4 is 21.9 Å². The summed E-state index contributed by atoms with van der Waals surface area (Å²) in [6.07, 6.45) is 0. The van der Waals surface area contributed by atoms with Crippen LogP contribution in [0.15, 0.2) is 12.1 Å². The largest absolute Gasteiger partial charge is 0.465 e. The van der Waals surface area contributed by atoms with Crippen LogP contribution in [-0.4, -0.2) is 13.1 Å². The van der Waals surface area contributed by atoms with Crippen LogP contribution in [0, 0.1) is 11.6 Å². The smallest absolute Gasteiger partial charge is 0.343 e. The predicted molar refractivity (Wildman–Crippen MR) is 50.3 cm³/mol. The Balaban J connectivity index is 3.32. The molecular weight excluding hydrogens is 258 g/mol. The minimum Gasteiger partial charge on any atom is -0.465 e. The van der Waals surface area contributed by atoms with Crippen molar-refractivity contribution in [2.45, 2.75) is 5.33 Å². The quantitative estimate of drug-likeness (QED) is 0.607. The summed E-state index contributed by atoms with van der Waals surface area (Å²) in [6, 6.07) is 2.30. The zero-order valence-corrected chi connectivity index (χ0v) is 8.90. The third-order valence-corrected chi connectivity index (χ3v) is 2.31. The number of alkyl halides is 1. The van der Waals surface area contributed by atoms with Crippen LogP contribution < -0.4 is 0 Å². The first-order valence-electron chi connectivity index (χ1n) is 3.73. The average Bonchev–Trinajstić information content (AvgIpc) is 2.18. The molecular formula is C9H7BrF2O2. The zero-order chi connectivity index (χ0) is 10.7. The topological polar surface area (TPSA) is 26.3 Å². The summed E-state index contributed by atoms with van der Waals surface area (Å²) in [6.45, 7) is 0. The van der Waals surface area contributed by atoms with Crippen LogP contribution in [-0.2, 0) is 10.1 Å². The summed E-state index contributed by atoms with van der Waals surface area (Å²) in [5.41, 5.74) is -0.434. The van der Waals surface area contributed by atoms with Gasteiger partial charge in [-0.25, -0.2) is 13.6 Å². The lowest BCUT2D eigenvalue weighted by molar-refractivity contribution is 0.0589. The highest BCUT2D eigenvalue weighted by atomic mass is 79.9. The first-order chi connectivity index (χ1) is 6.61. The van der Waals surface area contributed by atoms with Crippen LogP contribution in [0.5, 0.6) is 0 Å². The van der Waals surface area contributed by atoms with E-state index in [9.17, 15) is 13.6 Å². The third-order valence-electron chi connectivity index (χ3n) is 1.70. The van der Waals surface area contributed by atoms with Crippen LogP contribution in [0.1, 0.15) is 15.9 Å². The molecule has 0 heterocycles. The molecule has 1 rings (SSSR count). The lowest BCUT2D eigenvalue weighted by atomic mass is 10.1. The van der Waals surface area contributed by atoms with Gasteiger partial charge in [-0.2, -0.15) is 0 Å². The van der Waals surface area contributed by atoms with Gasteiger partial charge in [0.05, 0.1) is 7.11 Å². The second-order valence-corrected chi connectivity index (χ2v) is 3.08. The summed E-state index contributed by atoms with van der Waals surface area (Å²) in [4.78, 5) is 11.0. The SMILES string of the molecule is COC(=O)c1c(F)ccc(CBr)c1F. The Kier molecular flexibility index (Phi) is 3.57. The monoisotopic (exact) mass is 264 g/mol. The van der Waals surface area contributed by atoms with Crippen LogP contribution in [0.2, 0.25) is 0 Å². The molecule has 0 aromatic heterocycles. The van der Waals surface area contributed by atoms with Crippen molar-refractivity contribution in [2.24, 2.45) is 0 Å². The Hall–Kier alpha value is -0.970. The molecule has 0 atom stereocenters. The molecule has 0 unspecified atom stereocenters. The zero-order valence-electron chi connectivity index (χ0n) is 7.31. The number of carbonyl (C=O) groups is 1. The van der Waals surface area contributed by atoms with Gasteiger partial charge in [-0.3, -0.25) is 0 Å². The van der Waals surface area contributed by atoms with Crippen LogP contribution in [0.4, 0.5) is 8.78 Å². The van der Waals surface area contributed by atoms with E-state index in [0.29, 0.717) is 0 Å². The Morgan fingerprint density at radius 1 is 1.50 bits per heavy atom. The Bertz CT molecular complexity index is 366. The molecule has 0 bridgehead atoms. The molecule has 0 fully saturated rings. The molecule has 0 saturated heterocycles. The first kappa shape index (κ1) is 11.1. The van der Waals surface area contributed by atoms with Crippen molar-refractivity contribution in [1.29, 1.82) is 0 Å². The second kappa shape index (κ2) is 4.50. The Morgan fingerprint density at radius 2 is 2.14 bits per heavy atom. The van der Waals surface area contributed by atoms with Crippen LogP contribution in [0.25, 0.3) is 0 Å². The number of ether oxygens (including phenoxy) is 1. The van der Waals surface area contributed by atoms with E-state index < -0.39 is 23.2 Å². The van der Waals surface area contributed by atoms with Gasteiger partial charge in [0, 0.05) is 5.33 Å². The van der Waals surface area contributed by atoms with Gasteiger partial charge in [0.2, 0.25) is 0 Å².